The predicted molar refractivity (Wildman–Crippen MR) is 106 cm³/mol. The van der Waals surface area contributed by atoms with Gasteiger partial charge in [0.1, 0.15) is 6.07 Å². The van der Waals surface area contributed by atoms with E-state index in [2.05, 4.69) is 9.97 Å². The second-order valence-electron chi connectivity index (χ2n) is 6.90. The Morgan fingerprint density at radius 2 is 1.90 bits per heavy atom. The van der Waals surface area contributed by atoms with E-state index in [-0.39, 0.29) is 17.4 Å². The zero-order valence-corrected chi connectivity index (χ0v) is 16.2. The third-order valence-corrected chi connectivity index (χ3v) is 5.40. The summed E-state index contributed by atoms with van der Waals surface area (Å²) >= 11 is 6.01. The first-order chi connectivity index (χ1) is 13.9. The van der Waals surface area contributed by atoms with Crippen molar-refractivity contribution in [3.63, 3.8) is 0 Å². The van der Waals surface area contributed by atoms with E-state index in [1.54, 1.807) is 11.0 Å². The molecule has 1 aliphatic rings. The number of rotatable bonds is 2. The maximum absolute atomic E-state index is 14.3. The van der Waals surface area contributed by atoms with Crippen molar-refractivity contribution in [2.75, 3.05) is 18.0 Å². The summed E-state index contributed by atoms with van der Waals surface area (Å²) in [7, 11) is 1.51. The largest absolute Gasteiger partial charge is 0.354 e. The summed E-state index contributed by atoms with van der Waals surface area (Å²) in [6, 6.07) is 4.35. The minimum absolute atomic E-state index is 0.157. The lowest BCUT2D eigenvalue weighted by Gasteiger charge is -2.34. The van der Waals surface area contributed by atoms with Gasteiger partial charge in [0.15, 0.2) is 17.3 Å². The van der Waals surface area contributed by atoms with Gasteiger partial charge in [0, 0.05) is 38.6 Å². The quantitative estimate of drug-likeness (QED) is 0.595. The van der Waals surface area contributed by atoms with Gasteiger partial charge >= 0.3 is 11.1 Å². The van der Waals surface area contributed by atoms with Crippen LogP contribution >= 0.6 is 11.6 Å². The minimum Gasteiger partial charge on any atom is -0.354 e. The molecular weight excluding hydrogens is 399 g/mol. The Balaban J connectivity index is 1.68. The number of hydrogen-bond donors (Lipinski definition) is 0. The molecule has 3 aromatic heterocycles. The van der Waals surface area contributed by atoms with Crippen LogP contribution in [0.2, 0.25) is 5.02 Å². The number of nitriles is 1. The number of halogens is 2. The van der Waals surface area contributed by atoms with Gasteiger partial charge in [-0.05, 0) is 25.0 Å². The molecular formula is C19H16ClFN6O2. The average molecular weight is 415 g/mol. The fraction of sp³-hybridized carbons (Fsp3) is 0.316. The highest BCUT2D eigenvalue weighted by Crippen LogP contribution is 2.28. The Kier molecular flexibility index (Phi) is 4.80. The second-order valence-corrected chi connectivity index (χ2v) is 7.33. The molecule has 0 atom stereocenters. The number of aryl methyl sites for hydroxylation is 1. The highest BCUT2D eigenvalue weighted by molar-refractivity contribution is 6.31. The van der Waals surface area contributed by atoms with Crippen molar-refractivity contribution in [2.24, 2.45) is 7.05 Å². The molecule has 4 heterocycles. The molecule has 0 aliphatic carbocycles. The molecule has 29 heavy (non-hydrogen) atoms. The van der Waals surface area contributed by atoms with E-state index in [0.717, 1.165) is 6.07 Å². The van der Waals surface area contributed by atoms with Crippen molar-refractivity contribution in [1.29, 1.82) is 5.26 Å². The molecule has 0 N–H and O–H groups in total. The van der Waals surface area contributed by atoms with Crippen molar-refractivity contribution in [2.45, 2.75) is 18.9 Å². The number of pyridine rings is 2. The lowest BCUT2D eigenvalue weighted by Crippen LogP contribution is -2.45. The first-order valence-corrected chi connectivity index (χ1v) is 9.36. The van der Waals surface area contributed by atoms with E-state index in [1.165, 1.54) is 28.6 Å². The van der Waals surface area contributed by atoms with Crippen LogP contribution in [0, 0.1) is 17.1 Å². The van der Waals surface area contributed by atoms with E-state index in [9.17, 15) is 14.0 Å². The number of nitrogens with zero attached hydrogens (tertiary/aromatic N) is 6. The second kappa shape index (κ2) is 7.29. The first kappa shape index (κ1) is 19.1. The number of hydrogen-bond acceptors (Lipinski definition) is 6. The maximum atomic E-state index is 14.3. The van der Waals surface area contributed by atoms with Gasteiger partial charge in [-0.3, -0.25) is 14.2 Å². The monoisotopic (exact) mass is 414 g/mol. The van der Waals surface area contributed by atoms with Crippen LogP contribution in [-0.4, -0.2) is 32.2 Å². The standard InChI is InChI=1S/C19H16ClFN6O2/c1-25-15-7-12(20)10-24-17(15)27(19(29)18(25)28)13-2-4-26(5-3-13)16-14(21)6-11(8-22)9-23-16/h6-7,9-10,13H,2-5H2,1H3. The molecule has 0 saturated carbocycles. The van der Waals surface area contributed by atoms with Gasteiger partial charge in [-0.2, -0.15) is 5.26 Å². The Labute approximate surface area is 169 Å². The van der Waals surface area contributed by atoms with Gasteiger partial charge in [-0.25, -0.2) is 14.4 Å². The number of aromatic nitrogens is 4. The molecule has 1 saturated heterocycles. The summed E-state index contributed by atoms with van der Waals surface area (Å²) in [5.41, 5.74) is -0.268. The molecule has 148 valence electrons. The van der Waals surface area contributed by atoms with Crippen LogP contribution in [-0.2, 0) is 7.05 Å². The molecule has 10 heteroatoms. The highest BCUT2D eigenvalue weighted by Gasteiger charge is 2.27. The zero-order valence-electron chi connectivity index (χ0n) is 15.5. The Morgan fingerprint density at radius 1 is 1.17 bits per heavy atom. The van der Waals surface area contributed by atoms with Gasteiger partial charge in [0.05, 0.1) is 16.1 Å². The third-order valence-electron chi connectivity index (χ3n) is 5.19. The van der Waals surface area contributed by atoms with Crippen LogP contribution in [0.25, 0.3) is 11.2 Å². The van der Waals surface area contributed by atoms with Gasteiger partial charge in [0.25, 0.3) is 0 Å². The summed E-state index contributed by atoms with van der Waals surface area (Å²) in [4.78, 5) is 35.2. The van der Waals surface area contributed by atoms with E-state index < -0.39 is 16.9 Å². The minimum atomic E-state index is -0.649. The van der Waals surface area contributed by atoms with Gasteiger partial charge in [-0.15, -0.1) is 0 Å². The van der Waals surface area contributed by atoms with Crippen LogP contribution < -0.4 is 16.0 Å². The van der Waals surface area contributed by atoms with Gasteiger partial charge in [-0.1, -0.05) is 11.6 Å². The van der Waals surface area contributed by atoms with E-state index in [0.29, 0.717) is 42.1 Å². The molecule has 0 amide bonds. The zero-order chi connectivity index (χ0) is 20.7. The summed E-state index contributed by atoms with van der Waals surface area (Å²) in [6.45, 7) is 0.883. The normalized spacial score (nSPS) is 14.9. The van der Waals surface area contributed by atoms with Crippen LogP contribution in [0.5, 0.6) is 0 Å². The fourth-order valence-corrected chi connectivity index (χ4v) is 3.86. The van der Waals surface area contributed by atoms with Crippen molar-refractivity contribution in [3.05, 3.63) is 61.6 Å². The average Bonchev–Trinajstić information content (AvgIpc) is 2.73. The van der Waals surface area contributed by atoms with Crippen LogP contribution in [0.4, 0.5) is 10.2 Å². The Morgan fingerprint density at radius 3 is 2.55 bits per heavy atom. The van der Waals surface area contributed by atoms with E-state index >= 15 is 0 Å². The highest BCUT2D eigenvalue weighted by atomic mass is 35.5. The smallest absolute Gasteiger partial charge is 0.318 e. The Bertz CT molecular complexity index is 1270. The van der Waals surface area contributed by atoms with Crippen LogP contribution in [0.15, 0.2) is 34.1 Å². The van der Waals surface area contributed by atoms with Crippen molar-refractivity contribution >= 4 is 28.6 Å². The SMILES string of the molecule is Cn1c(=O)c(=O)n(C2CCN(c3ncc(C#N)cc3F)CC2)c2ncc(Cl)cc21. The predicted octanol–water partition coefficient (Wildman–Crippen LogP) is 2.00. The van der Waals surface area contributed by atoms with Crippen molar-refractivity contribution in [3.8, 4) is 6.07 Å². The topological polar surface area (TPSA) is 96.8 Å². The molecule has 3 aromatic rings. The number of piperidine rings is 1. The van der Waals surface area contributed by atoms with Crippen LogP contribution in [0.3, 0.4) is 0 Å². The molecule has 0 radical (unpaired) electrons. The van der Waals surface area contributed by atoms with Gasteiger partial charge in [0.2, 0.25) is 0 Å². The first-order valence-electron chi connectivity index (χ1n) is 8.98. The number of anilines is 1. The molecule has 0 unspecified atom stereocenters. The lowest BCUT2D eigenvalue weighted by atomic mass is 10.0. The fourth-order valence-electron chi connectivity index (χ4n) is 3.71. The summed E-state index contributed by atoms with van der Waals surface area (Å²) in [5.74, 6) is -0.386. The van der Waals surface area contributed by atoms with E-state index in [4.69, 9.17) is 16.9 Å². The summed E-state index contributed by atoms with van der Waals surface area (Å²) in [6.07, 6.45) is 3.79. The molecule has 0 aromatic carbocycles. The van der Waals surface area contributed by atoms with Crippen molar-refractivity contribution in [1.82, 2.24) is 19.1 Å². The Hall–Kier alpha value is -3.25. The van der Waals surface area contributed by atoms with Crippen molar-refractivity contribution < 1.29 is 4.39 Å². The maximum Gasteiger partial charge on any atom is 0.318 e. The number of fused-ring (bicyclic) bond motifs is 1. The summed E-state index contributed by atoms with van der Waals surface area (Å²) in [5, 5.41) is 9.22. The molecule has 4 rings (SSSR count). The van der Waals surface area contributed by atoms with Crippen LogP contribution in [0.1, 0.15) is 24.4 Å². The molecule has 0 spiro atoms. The third kappa shape index (κ3) is 3.25. The molecule has 1 aliphatic heterocycles. The van der Waals surface area contributed by atoms with Gasteiger partial charge < -0.3 is 9.47 Å². The molecule has 8 nitrogen and oxygen atoms in total. The van der Waals surface area contributed by atoms with E-state index in [1.807, 2.05) is 6.07 Å². The molecule has 0 bridgehead atoms. The molecule has 1 fully saturated rings. The summed E-state index contributed by atoms with van der Waals surface area (Å²) < 4.78 is 16.9. The lowest BCUT2D eigenvalue weighted by molar-refractivity contribution is 0.388.